The van der Waals surface area contributed by atoms with Crippen LogP contribution in [0.1, 0.15) is 11.1 Å². The van der Waals surface area contributed by atoms with E-state index in [1.54, 1.807) is 12.1 Å². The molecule has 2 aromatic carbocycles. The van der Waals surface area contributed by atoms with E-state index in [9.17, 15) is 14.0 Å². The van der Waals surface area contributed by atoms with Crippen LogP contribution in [0.4, 0.5) is 4.39 Å². The topological polar surface area (TPSA) is 67.4 Å². The summed E-state index contributed by atoms with van der Waals surface area (Å²) in [5.41, 5.74) is 6.22. The van der Waals surface area contributed by atoms with E-state index in [1.807, 2.05) is 19.1 Å². The quantitative estimate of drug-likeness (QED) is 0.654. The molecular weight excluding hydrogens is 311 g/mol. The molecule has 0 aromatic heterocycles. The van der Waals surface area contributed by atoms with Crippen LogP contribution in [-0.4, -0.2) is 18.4 Å². The van der Waals surface area contributed by atoms with Crippen LogP contribution in [0.15, 0.2) is 54.6 Å². The third-order valence-corrected chi connectivity index (χ3v) is 3.01. The maximum atomic E-state index is 12.7. The smallest absolute Gasteiger partial charge is 0.276 e. The van der Waals surface area contributed by atoms with Gasteiger partial charge in [-0.1, -0.05) is 29.8 Å². The van der Waals surface area contributed by atoms with Gasteiger partial charge in [0.2, 0.25) is 0 Å². The molecule has 24 heavy (non-hydrogen) atoms. The second-order valence-electron chi connectivity index (χ2n) is 5.02. The summed E-state index contributed by atoms with van der Waals surface area (Å²) < 4.78 is 18.0. The minimum Gasteiger partial charge on any atom is -0.484 e. The molecule has 124 valence electrons. The number of aryl methyl sites for hydroxylation is 1. The first-order chi connectivity index (χ1) is 11.5. The van der Waals surface area contributed by atoms with Crippen LogP contribution in [-0.2, 0) is 9.59 Å². The average Bonchev–Trinajstić information content (AvgIpc) is 2.59. The molecule has 2 N–H and O–H groups in total. The van der Waals surface area contributed by atoms with E-state index < -0.39 is 11.8 Å². The van der Waals surface area contributed by atoms with Gasteiger partial charge in [-0.25, -0.2) is 4.39 Å². The van der Waals surface area contributed by atoms with Crippen molar-refractivity contribution >= 4 is 17.9 Å². The standard InChI is InChI=1S/C18H17FN2O3/c1-13-2-9-16(10-3-13)24-12-18(23)21-20-17(22)11-6-14-4-7-15(19)8-5-14/h2-11H,12H2,1H3,(H,20,22)(H,21,23)/b11-6+. The Morgan fingerprint density at radius 3 is 2.38 bits per heavy atom. The number of amides is 2. The molecule has 0 unspecified atom stereocenters. The molecule has 0 fully saturated rings. The number of nitrogens with one attached hydrogen (secondary N) is 2. The summed E-state index contributed by atoms with van der Waals surface area (Å²) in [7, 11) is 0. The summed E-state index contributed by atoms with van der Waals surface area (Å²) in [5, 5.41) is 0. The van der Waals surface area contributed by atoms with Crippen molar-refractivity contribution in [2.45, 2.75) is 6.92 Å². The number of carbonyl (C=O) groups is 2. The molecule has 0 radical (unpaired) electrons. The van der Waals surface area contributed by atoms with E-state index in [0.717, 1.165) is 5.56 Å². The minimum absolute atomic E-state index is 0.217. The zero-order valence-corrected chi connectivity index (χ0v) is 13.1. The fourth-order valence-electron chi connectivity index (χ4n) is 1.74. The van der Waals surface area contributed by atoms with E-state index in [-0.39, 0.29) is 12.4 Å². The molecule has 0 bridgehead atoms. The van der Waals surface area contributed by atoms with Crippen molar-refractivity contribution in [2.24, 2.45) is 0 Å². The lowest BCUT2D eigenvalue weighted by atomic mass is 10.2. The Labute approximate surface area is 139 Å². The van der Waals surface area contributed by atoms with Gasteiger partial charge in [0.15, 0.2) is 6.61 Å². The minimum atomic E-state index is -0.511. The number of hydrogen-bond donors (Lipinski definition) is 2. The van der Waals surface area contributed by atoms with Crippen LogP contribution >= 0.6 is 0 Å². The molecule has 0 atom stereocenters. The number of halogens is 1. The van der Waals surface area contributed by atoms with Gasteiger partial charge in [0.25, 0.3) is 11.8 Å². The largest absolute Gasteiger partial charge is 0.484 e. The third-order valence-electron chi connectivity index (χ3n) is 3.01. The summed E-state index contributed by atoms with van der Waals surface area (Å²) in [6.07, 6.45) is 2.73. The fourth-order valence-corrected chi connectivity index (χ4v) is 1.74. The number of carbonyl (C=O) groups excluding carboxylic acids is 2. The Bertz CT molecular complexity index is 725. The number of ether oxygens (including phenoxy) is 1. The van der Waals surface area contributed by atoms with E-state index in [4.69, 9.17) is 4.74 Å². The molecule has 2 aromatic rings. The average molecular weight is 328 g/mol. The first kappa shape index (κ1) is 17.2. The van der Waals surface area contributed by atoms with Crippen LogP contribution in [0.25, 0.3) is 6.08 Å². The first-order valence-corrected chi connectivity index (χ1v) is 7.25. The molecule has 0 saturated carbocycles. The molecule has 0 aliphatic carbocycles. The Kier molecular flexibility index (Phi) is 6.08. The van der Waals surface area contributed by atoms with Crippen molar-refractivity contribution in [1.29, 1.82) is 0 Å². The van der Waals surface area contributed by atoms with Crippen molar-refractivity contribution in [2.75, 3.05) is 6.61 Å². The monoisotopic (exact) mass is 328 g/mol. The molecule has 0 spiro atoms. The lowest BCUT2D eigenvalue weighted by Crippen LogP contribution is -2.43. The van der Waals surface area contributed by atoms with Gasteiger partial charge in [-0.3, -0.25) is 20.4 Å². The molecule has 0 heterocycles. The van der Waals surface area contributed by atoms with Crippen molar-refractivity contribution < 1.29 is 18.7 Å². The molecule has 2 amide bonds. The van der Waals surface area contributed by atoms with E-state index in [2.05, 4.69) is 10.9 Å². The summed E-state index contributed by atoms with van der Waals surface area (Å²) in [4.78, 5) is 23.2. The third kappa shape index (κ3) is 5.92. The van der Waals surface area contributed by atoms with E-state index in [0.29, 0.717) is 11.3 Å². The highest BCUT2D eigenvalue weighted by Crippen LogP contribution is 2.10. The Morgan fingerprint density at radius 2 is 1.71 bits per heavy atom. The molecule has 0 aliphatic heterocycles. The molecule has 6 heteroatoms. The molecule has 0 saturated heterocycles. The van der Waals surface area contributed by atoms with Crippen molar-refractivity contribution in [3.05, 3.63) is 71.6 Å². The van der Waals surface area contributed by atoms with Gasteiger partial charge in [0.05, 0.1) is 0 Å². The number of benzene rings is 2. The lowest BCUT2D eigenvalue weighted by Gasteiger charge is -2.07. The van der Waals surface area contributed by atoms with E-state index in [1.165, 1.54) is 36.4 Å². The maximum Gasteiger partial charge on any atom is 0.276 e. The van der Waals surface area contributed by atoms with Gasteiger partial charge in [-0.2, -0.15) is 0 Å². The fraction of sp³-hybridized carbons (Fsp3) is 0.111. The van der Waals surface area contributed by atoms with Gasteiger partial charge in [-0.05, 0) is 42.8 Å². The predicted molar refractivity (Wildman–Crippen MR) is 88.4 cm³/mol. The Morgan fingerprint density at radius 1 is 1.04 bits per heavy atom. The van der Waals surface area contributed by atoms with Gasteiger partial charge in [-0.15, -0.1) is 0 Å². The molecule has 0 aliphatic rings. The van der Waals surface area contributed by atoms with Gasteiger partial charge in [0, 0.05) is 6.08 Å². The van der Waals surface area contributed by atoms with Gasteiger partial charge < -0.3 is 4.74 Å². The van der Waals surface area contributed by atoms with Crippen LogP contribution < -0.4 is 15.6 Å². The van der Waals surface area contributed by atoms with Crippen LogP contribution in [0.2, 0.25) is 0 Å². The SMILES string of the molecule is Cc1ccc(OCC(=O)NNC(=O)/C=C/c2ccc(F)cc2)cc1. The van der Waals surface area contributed by atoms with Crippen LogP contribution in [0.5, 0.6) is 5.75 Å². The zero-order valence-electron chi connectivity index (χ0n) is 13.1. The normalized spacial score (nSPS) is 10.4. The Balaban J connectivity index is 1.71. The summed E-state index contributed by atoms with van der Waals surface area (Å²) in [6, 6.07) is 12.9. The van der Waals surface area contributed by atoms with Crippen molar-refractivity contribution in [3.8, 4) is 5.75 Å². The van der Waals surface area contributed by atoms with Gasteiger partial charge >= 0.3 is 0 Å². The van der Waals surface area contributed by atoms with Crippen LogP contribution in [0.3, 0.4) is 0 Å². The second kappa shape index (κ2) is 8.47. The lowest BCUT2D eigenvalue weighted by molar-refractivity contribution is -0.128. The predicted octanol–water partition coefficient (Wildman–Crippen LogP) is 2.37. The highest BCUT2D eigenvalue weighted by molar-refractivity contribution is 5.93. The molecule has 5 nitrogen and oxygen atoms in total. The van der Waals surface area contributed by atoms with E-state index >= 15 is 0 Å². The van der Waals surface area contributed by atoms with Crippen molar-refractivity contribution in [3.63, 3.8) is 0 Å². The first-order valence-electron chi connectivity index (χ1n) is 7.25. The second-order valence-corrected chi connectivity index (χ2v) is 5.02. The van der Waals surface area contributed by atoms with Gasteiger partial charge in [0.1, 0.15) is 11.6 Å². The summed E-state index contributed by atoms with van der Waals surface area (Å²) >= 11 is 0. The highest BCUT2D eigenvalue weighted by Gasteiger charge is 2.03. The summed E-state index contributed by atoms with van der Waals surface area (Å²) in [6.45, 7) is 1.73. The number of hydrogen-bond acceptors (Lipinski definition) is 3. The number of hydrazine groups is 1. The number of rotatable bonds is 5. The van der Waals surface area contributed by atoms with Crippen LogP contribution in [0, 0.1) is 12.7 Å². The summed E-state index contributed by atoms with van der Waals surface area (Å²) in [5.74, 6) is -0.780. The maximum absolute atomic E-state index is 12.7. The molecule has 2 rings (SSSR count). The van der Waals surface area contributed by atoms with Crippen molar-refractivity contribution in [1.82, 2.24) is 10.9 Å². The Hall–Kier alpha value is -3.15. The molecular formula is C18H17FN2O3. The zero-order chi connectivity index (χ0) is 17.4. The highest BCUT2D eigenvalue weighted by atomic mass is 19.1.